The molecule has 0 aliphatic carbocycles. The number of hydrogen-bond donors (Lipinski definition) is 1. The molecule has 100 valence electrons. The summed E-state index contributed by atoms with van der Waals surface area (Å²) in [5.41, 5.74) is 9.79. The van der Waals surface area contributed by atoms with E-state index in [2.05, 4.69) is 41.4 Å². The van der Waals surface area contributed by atoms with Crippen molar-refractivity contribution in [3.8, 4) is 0 Å². The molecular formula is C18H18N2. The Hall–Kier alpha value is -2.19. The SMILES string of the molecule is NC(CCc1ccc2cccnc2c1)c1ccccc1. The highest BCUT2D eigenvalue weighted by atomic mass is 14.6. The van der Waals surface area contributed by atoms with Crippen molar-refractivity contribution in [1.29, 1.82) is 0 Å². The largest absolute Gasteiger partial charge is 0.324 e. The number of aromatic nitrogens is 1. The van der Waals surface area contributed by atoms with E-state index < -0.39 is 0 Å². The van der Waals surface area contributed by atoms with Crippen LogP contribution in [0.25, 0.3) is 10.9 Å². The van der Waals surface area contributed by atoms with Gasteiger partial charge >= 0.3 is 0 Å². The maximum Gasteiger partial charge on any atom is 0.0704 e. The first kappa shape index (κ1) is 12.8. The number of nitrogens with two attached hydrogens (primary N) is 1. The lowest BCUT2D eigenvalue weighted by Gasteiger charge is -2.12. The van der Waals surface area contributed by atoms with E-state index in [1.165, 1.54) is 16.5 Å². The third-order valence-electron chi connectivity index (χ3n) is 3.64. The van der Waals surface area contributed by atoms with Crippen molar-refractivity contribution in [3.05, 3.63) is 78.0 Å². The molecular weight excluding hydrogens is 244 g/mol. The zero-order valence-electron chi connectivity index (χ0n) is 11.4. The van der Waals surface area contributed by atoms with Gasteiger partial charge in [-0.2, -0.15) is 0 Å². The van der Waals surface area contributed by atoms with Crippen molar-refractivity contribution in [3.63, 3.8) is 0 Å². The van der Waals surface area contributed by atoms with Crippen LogP contribution in [0, 0.1) is 0 Å². The van der Waals surface area contributed by atoms with Gasteiger partial charge in [0.15, 0.2) is 0 Å². The molecule has 1 heterocycles. The lowest BCUT2D eigenvalue weighted by Crippen LogP contribution is -2.11. The summed E-state index contributed by atoms with van der Waals surface area (Å²) in [6.07, 6.45) is 3.76. The van der Waals surface area contributed by atoms with Crippen molar-refractivity contribution < 1.29 is 0 Å². The Bertz CT molecular complexity index is 692. The van der Waals surface area contributed by atoms with Gasteiger partial charge in [-0.05, 0) is 36.1 Å². The zero-order chi connectivity index (χ0) is 13.8. The van der Waals surface area contributed by atoms with E-state index in [1.807, 2.05) is 30.5 Å². The monoisotopic (exact) mass is 262 g/mol. The average molecular weight is 262 g/mol. The predicted molar refractivity (Wildman–Crippen MR) is 83.4 cm³/mol. The highest BCUT2D eigenvalue weighted by molar-refractivity contribution is 5.78. The van der Waals surface area contributed by atoms with Crippen LogP contribution in [-0.4, -0.2) is 4.98 Å². The number of aryl methyl sites for hydroxylation is 1. The number of pyridine rings is 1. The molecule has 0 aliphatic rings. The lowest BCUT2D eigenvalue weighted by atomic mass is 9.99. The van der Waals surface area contributed by atoms with Crippen LogP contribution in [0.2, 0.25) is 0 Å². The molecule has 0 aliphatic heterocycles. The van der Waals surface area contributed by atoms with E-state index in [1.54, 1.807) is 0 Å². The topological polar surface area (TPSA) is 38.9 Å². The minimum Gasteiger partial charge on any atom is -0.324 e. The summed E-state index contributed by atoms with van der Waals surface area (Å²) in [4.78, 5) is 4.40. The summed E-state index contributed by atoms with van der Waals surface area (Å²) in [5, 5.41) is 1.18. The van der Waals surface area contributed by atoms with Gasteiger partial charge in [0.2, 0.25) is 0 Å². The minimum absolute atomic E-state index is 0.0932. The predicted octanol–water partition coefficient (Wildman–Crippen LogP) is 3.87. The first-order valence-electron chi connectivity index (χ1n) is 6.97. The fourth-order valence-electron chi connectivity index (χ4n) is 2.46. The molecule has 0 saturated heterocycles. The van der Waals surface area contributed by atoms with Crippen molar-refractivity contribution in [2.75, 3.05) is 0 Å². The summed E-state index contributed by atoms with van der Waals surface area (Å²) in [6, 6.07) is 20.9. The fraction of sp³-hybridized carbons (Fsp3) is 0.167. The molecule has 3 aromatic rings. The van der Waals surface area contributed by atoms with E-state index in [-0.39, 0.29) is 6.04 Å². The van der Waals surface area contributed by atoms with Gasteiger partial charge < -0.3 is 5.73 Å². The summed E-state index contributed by atoms with van der Waals surface area (Å²) >= 11 is 0. The highest BCUT2D eigenvalue weighted by Crippen LogP contribution is 2.19. The number of fused-ring (bicyclic) bond motifs is 1. The molecule has 0 radical (unpaired) electrons. The maximum absolute atomic E-state index is 6.24. The van der Waals surface area contributed by atoms with Gasteiger partial charge in [-0.25, -0.2) is 0 Å². The summed E-state index contributed by atoms with van der Waals surface area (Å²) in [6.45, 7) is 0. The molecule has 2 heteroatoms. The quantitative estimate of drug-likeness (QED) is 0.775. The molecule has 2 N–H and O–H groups in total. The molecule has 0 amide bonds. The Morgan fingerprint density at radius 1 is 0.950 bits per heavy atom. The second-order valence-corrected chi connectivity index (χ2v) is 5.09. The van der Waals surface area contributed by atoms with Crippen LogP contribution in [-0.2, 0) is 6.42 Å². The minimum atomic E-state index is 0.0932. The normalized spacial score (nSPS) is 12.4. The van der Waals surface area contributed by atoms with Gasteiger partial charge in [0.25, 0.3) is 0 Å². The fourth-order valence-corrected chi connectivity index (χ4v) is 2.46. The van der Waals surface area contributed by atoms with Crippen LogP contribution in [0.3, 0.4) is 0 Å². The van der Waals surface area contributed by atoms with E-state index in [0.717, 1.165) is 18.4 Å². The van der Waals surface area contributed by atoms with E-state index in [9.17, 15) is 0 Å². The van der Waals surface area contributed by atoms with E-state index in [0.29, 0.717) is 0 Å². The van der Waals surface area contributed by atoms with Crippen LogP contribution in [0.4, 0.5) is 0 Å². The molecule has 1 aromatic heterocycles. The third-order valence-corrected chi connectivity index (χ3v) is 3.64. The smallest absolute Gasteiger partial charge is 0.0704 e. The second-order valence-electron chi connectivity index (χ2n) is 5.09. The summed E-state index contributed by atoms with van der Waals surface area (Å²) in [5.74, 6) is 0. The van der Waals surface area contributed by atoms with Crippen LogP contribution >= 0.6 is 0 Å². The van der Waals surface area contributed by atoms with Gasteiger partial charge in [0.05, 0.1) is 5.52 Å². The van der Waals surface area contributed by atoms with Crippen molar-refractivity contribution in [1.82, 2.24) is 4.98 Å². The highest BCUT2D eigenvalue weighted by Gasteiger charge is 2.06. The molecule has 1 atom stereocenters. The van der Waals surface area contributed by atoms with E-state index >= 15 is 0 Å². The Labute approximate surface area is 119 Å². The van der Waals surface area contributed by atoms with E-state index in [4.69, 9.17) is 5.73 Å². The first-order valence-corrected chi connectivity index (χ1v) is 6.97. The molecule has 0 bridgehead atoms. The average Bonchev–Trinajstić information content (AvgIpc) is 2.53. The van der Waals surface area contributed by atoms with Crippen LogP contribution in [0.15, 0.2) is 66.9 Å². The third kappa shape index (κ3) is 2.86. The molecule has 1 unspecified atom stereocenters. The molecule has 3 rings (SSSR count). The number of nitrogens with zero attached hydrogens (tertiary/aromatic N) is 1. The molecule has 2 nitrogen and oxygen atoms in total. The van der Waals surface area contributed by atoms with Crippen LogP contribution in [0.1, 0.15) is 23.6 Å². The zero-order valence-corrected chi connectivity index (χ0v) is 11.4. The first-order chi connectivity index (χ1) is 9.83. The van der Waals surface area contributed by atoms with Gasteiger partial charge in [-0.3, -0.25) is 4.98 Å². The summed E-state index contributed by atoms with van der Waals surface area (Å²) in [7, 11) is 0. The Morgan fingerprint density at radius 3 is 2.65 bits per heavy atom. The molecule has 2 aromatic carbocycles. The Kier molecular flexibility index (Phi) is 3.75. The molecule has 0 fully saturated rings. The van der Waals surface area contributed by atoms with Crippen molar-refractivity contribution in [2.45, 2.75) is 18.9 Å². The number of hydrogen-bond acceptors (Lipinski definition) is 2. The molecule has 20 heavy (non-hydrogen) atoms. The van der Waals surface area contributed by atoms with Gasteiger partial charge in [0.1, 0.15) is 0 Å². The summed E-state index contributed by atoms with van der Waals surface area (Å²) < 4.78 is 0. The van der Waals surface area contributed by atoms with Gasteiger partial charge in [0, 0.05) is 17.6 Å². The number of rotatable bonds is 4. The van der Waals surface area contributed by atoms with Gasteiger partial charge in [-0.15, -0.1) is 0 Å². The maximum atomic E-state index is 6.24. The van der Waals surface area contributed by atoms with Crippen LogP contribution in [0.5, 0.6) is 0 Å². The molecule has 0 saturated carbocycles. The number of benzene rings is 2. The van der Waals surface area contributed by atoms with Crippen molar-refractivity contribution in [2.24, 2.45) is 5.73 Å². The van der Waals surface area contributed by atoms with Crippen LogP contribution < -0.4 is 5.73 Å². The Balaban J connectivity index is 1.70. The lowest BCUT2D eigenvalue weighted by molar-refractivity contribution is 0.651. The van der Waals surface area contributed by atoms with Crippen molar-refractivity contribution >= 4 is 10.9 Å². The standard InChI is InChI=1S/C18H18N2/c19-17(15-5-2-1-3-6-15)11-9-14-8-10-16-7-4-12-20-18(16)13-14/h1-8,10,12-13,17H,9,11,19H2. The second kappa shape index (κ2) is 5.85. The molecule has 0 spiro atoms. The van der Waals surface area contributed by atoms with Gasteiger partial charge in [-0.1, -0.05) is 48.5 Å². The Morgan fingerprint density at radius 2 is 1.80 bits per heavy atom.